The Labute approximate surface area is 122 Å². The molecule has 0 amide bonds. The van der Waals surface area contributed by atoms with Crippen LogP contribution in [0.2, 0.25) is 0 Å². The van der Waals surface area contributed by atoms with E-state index < -0.39 is 0 Å². The molecule has 1 aromatic rings. The molecule has 0 spiro atoms. The quantitative estimate of drug-likeness (QED) is 0.771. The maximum Gasteiger partial charge on any atom is 0.123 e. The largest absolute Gasteiger partial charge is 0.496 e. The molecular weight excluding hydrogens is 252 g/mol. The SMILES string of the molecule is COc1ccc(C)cc1CNCCCN1CCOCC1. The van der Waals surface area contributed by atoms with Crippen LogP contribution in [0.25, 0.3) is 0 Å². The van der Waals surface area contributed by atoms with Crippen molar-refractivity contribution >= 4 is 0 Å². The van der Waals surface area contributed by atoms with Crippen LogP contribution >= 0.6 is 0 Å². The Morgan fingerprint density at radius 2 is 2.10 bits per heavy atom. The van der Waals surface area contributed by atoms with Crippen molar-refractivity contribution in [1.29, 1.82) is 0 Å². The molecule has 0 bridgehead atoms. The number of ether oxygens (including phenoxy) is 2. The fraction of sp³-hybridized carbons (Fsp3) is 0.625. The predicted octanol–water partition coefficient (Wildman–Crippen LogP) is 1.82. The zero-order chi connectivity index (χ0) is 14.2. The highest BCUT2D eigenvalue weighted by molar-refractivity contribution is 5.36. The third kappa shape index (κ3) is 4.78. The van der Waals surface area contributed by atoms with Gasteiger partial charge in [0.15, 0.2) is 0 Å². The lowest BCUT2D eigenvalue weighted by Crippen LogP contribution is -2.37. The zero-order valence-electron chi connectivity index (χ0n) is 12.7. The number of morpholine rings is 1. The van der Waals surface area contributed by atoms with Gasteiger partial charge in [0.1, 0.15) is 5.75 Å². The first-order chi connectivity index (χ1) is 9.79. The average molecular weight is 278 g/mol. The van der Waals surface area contributed by atoms with Crippen molar-refractivity contribution in [2.24, 2.45) is 0 Å². The van der Waals surface area contributed by atoms with Crippen LogP contribution in [-0.4, -0.2) is 51.4 Å². The Kier molecular flexibility index (Phi) is 6.30. The number of hydrogen-bond acceptors (Lipinski definition) is 4. The van der Waals surface area contributed by atoms with Gasteiger partial charge in [-0.05, 0) is 32.5 Å². The van der Waals surface area contributed by atoms with Crippen molar-refractivity contribution in [2.75, 3.05) is 46.5 Å². The zero-order valence-corrected chi connectivity index (χ0v) is 12.7. The van der Waals surface area contributed by atoms with E-state index in [-0.39, 0.29) is 0 Å². The highest BCUT2D eigenvalue weighted by Gasteiger charge is 2.09. The number of benzene rings is 1. The Morgan fingerprint density at radius 1 is 1.30 bits per heavy atom. The molecule has 0 saturated carbocycles. The van der Waals surface area contributed by atoms with Crippen LogP contribution in [0.4, 0.5) is 0 Å². The molecule has 4 nitrogen and oxygen atoms in total. The lowest BCUT2D eigenvalue weighted by molar-refractivity contribution is 0.0374. The first-order valence-corrected chi connectivity index (χ1v) is 7.44. The lowest BCUT2D eigenvalue weighted by Gasteiger charge is -2.26. The maximum atomic E-state index is 5.39. The highest BCUT2D eigenvalue weighted by atomic mass is 16.5. The summed E-state index contributed by atoms with van der Waals surface area (Å²) in [6.45, 7) is 9.09. The summed E-state index contributed by atoms with van der Waals surface area (Å²) in [5.41, 5.74) is 2.51. The first kappa shape index (κ1) is 15.3. The molecule has 20 heavy (non-hydrogen) atoms. The van der Waals surface area contributed by atoms with E-state index in [4.69, 9.17) is 9.47 Å². The van der Waals surface area contributed by atoms with E-state index in [0.717, 1.165) is 51.7 Å². The van der Waals surface area contributed by atoms with E-state index in [1.807, 2.05) is 6.07 Å². The van der Waals surface area contributed by atoms with Gasteiger partial charge in [-0.3, -0.25) is 4.90 Å². The second-order valence-corrected chi connectivity index (χ2v) is 5.30. The average Bonchev–Trinajstić information content (AvgIpc) is 2.48. The van der Waals surface area contributed by atoms with Gasteiger partial charge in [-0.25, -0.2) is 0 Å². The Morgan fingerprint density at radius 3 is 2.85 bits per heavy atom. The molecule has 0 aromatic heterocycles. The summed E-state index contributed by atoms with van der Waals surface area (Å²) >= 11 is 0. The molecule has 4 heteroatoms. The van der Waals surface area contributed by atoms with Gasteiger partial charge in [-0.2, -0.15) is 0 Å². The van der Waals surface area contributed by atoms with Gasteiger partial charge in [0, 0.05) is 25.2 Å². The molecular formula is C16H26N2O2. The predicted molar refractivity (Wildman–Crippen MR) is 81.3 cm³/mol. The fourth-order valence-corrected chi connectivity index (χ4v) is 2.52. The number of nitrogens with one attached hydrogen (secondary N) is 1. The second kappa shape index (κ2) is 8.25. The van der Waals surface area contributed by atoms with Gasteiger partial charge in [0.2, 0.25) is 0 Å². The minimum atomic E-state index is 0.869. The van der Waals surface area contributed by atoms with Crippen molar-refractivity contribution in [3.8, 4) is 5.75 Å². The minimum absolute atomic E-state index is 0.869. The Hall–Kier alpha value is -1.10. The van der Waals surface area contributed by atoms with E-state index in [1.54, 1.807) is 7.11 Å². The Balaban J connectivity index is 1.66. The molecule has 1 aliphatic heterocycles. The van der Waals surface area contributed by atoms with Gasteiger partial charge < -0.3 is 14.8 Å². The molecule has 0 radical (unpaired) electrons. The summed E-state index contributed by atoms with van der Waals surface area (Å²) in [4.78, 5) is 2.47. The van der Waals surface area contributed by atoms with Crippen molar-refractivity contribution in [3.63, 3.8) is 0 Å². The molecule has 1 fully saturated rings. The van der Waals surface area contributed by atoms with Crippen LogP contribution in [0.1, 0.15) is 17.5 Å². The van der Waals surface area contributed by atoms with Crippen LogP contribution in [0, 0.1) is 6.92 Å². The van der Waals surface area contributed by atoms with Crippen LogP contribution in [-0.2, 0) is 11.3 Å². The summed E-state index contributed by atoms with van der Waals surface area (Å²) in [5, 5.41) is 3.51. The number of rotatable bonds is 7. The first-order valence-electron chi connectivity index (χ1n) is 7.44. The molecule has 0 atom stereocenters. The molecule has 1 saturated heterocycles. The van der Waals surface area contributed by atoms with E-state index in [2.05, 4.69) is 29.3 Å². The number of aryl methyl sites for hydroxylation is 1. The van der Waals surface area contributed by atoms with Crippen molar-refractivity contribution < 1.29 is 9.47 Å². The minimum Gasteiger partial charge on any atom is -0.496 e. The standard InChI is InChI=1S/C16H26N2O2/c1-14-4-5-16(19-2)15(12-14)13-17-6-3-7-18-8-10-20-11-9-18/h4-5,12,17H,3,6-11,13H2,1-2H3. The van der Waals surface area contributed by atoms with E-state index in [9.17, 15) is 0 Å². The second-order valence-electron chi connectivity index (χ2n) is 5.30. The molecule has 0 unspecified atom stereocenters. The van der Waals surface area contributed by atoms with Gasteiger partial charge in [-0.15, -0.1) is 0 Å². The van der Waals surface area contributed by atoms with E-state index in [1.165, 1.54) is 17.5 Å². The summed E-state index contributed by atoms with van der Waals surface area (Å²) in [7, 11) is 1.73. The molecule has 1 aromatic carbocycles. The lowest BCUT2D eigenvalue weighted by atomic mass is 10.1. The third-order valence-electron chi connectivity index (χ3n) is 3.68. The summed E-state index contributed by atoms with van der Waals surface area (Å²) < 4.78 is 10.7. The Bertz CT molecular complexity index is 403. The summed E-state index contributed by atoms with van der Waals surface area (Å²) in [6.07, 6.45) is 1.17. The normalized spacial score (nSPS) is 16.3. The van der Waals surface area contributed by atoms with Crippen LogP contribution in [0.3, 0.4) is 0 Å². The molecule has 0 aliphatic carbocycles. The topological polar surface area (TPSA) is 33.7 Å². The van der Waals surface area contributed by atoms with Crippen LogP contribution in [0.5, 0.6) is 5.75 Å². The molecule has 1 aliphatic rings. The van der Waals surface area contributed by atoms with Crippen LogP contribution < -0.4 is 10.1 Å². The number of methoxy groups -OCH3 is 1. The van der Waals surface area contributed by atoms with Crippen molar-refractivity contribution in [2.45, 2.75) is 19.9 Å². The number of hydrogen-bond donors (Lipinski definition) is 1. The molecule has 112 valence electrons. The van der Waals surface area contributed by atoms with Gasteiger partial charge in [0.05, 0.1) is 20.3 Å². The van der Waals surface area contributed by atoms with E-state index in [0.29, 0.717) is 0 Å². The van der Waals surface area contributed by atoms with Crippen molar-refractivity contribution in [3.05, 3.63) is 29.3 Å². The summed E-state index contributed by atoms with van der Waals surface area (Å²) in [5.74, 6) is 0.969. The van der Waals surface area contributed by atoms with Crippen molar-refractivity contribution in [1.82, 2.24) is 10.2 Å². The maximum absolute atomic E-state index is 5.39. The van der Waals surface area contributed by atoms with Crippen LogP contribution in [0.15, 0.2) is 18.2 Å². The smallest absolute Gasteiger partial charge is 0.123 e. The molecule has 1 N–H and O–H groups in total. The molecule has 2 rings (SSSR count). The monoisotopic (exact) mass is 278 g/mol. The van der Waals surface area contributed by atoms with E-state index >= 15 is 0 Å². The van der Waals surface area contributed by atoms with Gasteiger partial charge in [0.25, 0.3) is 0 Å². The fourth-order valence-electron chi connectivity index (χ4n) is 2.52. The molecule has 1 heterocycles. The van der Waals surface area contributed by atoms with Gasteiger partial charge in [-0.1, -0.05) is 17.7 Å². The summed E-state index contributed by atoms with van der Waals surface area (Å²) in [6, 6.07) is 6.31. The highest BCUT2D eigenvalue weighted by Crippen LogP contribution is 2.19. The number of nitrogens with zero attached hydrogens (tertiary/aromatic N) is 1. The van der Waals surface area contributed by atoms with Gasteiger partial charge >= 0.3 is 0 Å². The third-order valence-corrected chi connectivity index (χ3v) is 3.68.